The molecule has 33 heavy (non-hydrogen) atoms. The van der Waals surface area contributed by atoms with E-state index in [1.807, 2.05) is 24.3 Å². The molecule has 4 rings (SSSR count). The third-order valence-electron chi connectivity index (χ3n) is 6.35. The summed E-state index contributed by atoms with van der Waals surface area (Å²) >= 11 is 0. The van der Waals surface area contributed by atoms with E-state index in [2.05, 4.69) is 44.8 Å². The van der Waals surface area contributed by atoms with Crippen LogP contribution in [0.2, 0.25) is 0 Å². The van der Waals surface area contributed by atoms with Crippen LogP contribution in [-0.2, 0) is 4.84 Å². The molecule has 2 aromatic rings. The second-order valence-electron chi connectivity index (χ2n) is 8.78. The molecular formula is C24H36N6O3. The summed E-state index contributed by atoms with van der Waals surface area (Å²) in [5, 5.41) is 6.67. The first kappa shape index (κ1) is 23.5. The summed E-state index contributed by atoms with van der Waals surface area (Å²) in [5.74, 6) is 3.09. The lowest BCUT2D eigenvalue weighted by Gasteiger charge is -2.18. The van der Waals surface area contributed by atoms with Crippen molar-refractivity contribution in [2.45, 2.75) is 45.3 Å². The van der Waals surface area contributed by atoms with Crippen LogP contribution >= 0.6 is 0 Å². The molecule has 9 heteroatoms. The van der Waals surface area contributed by atoms with Gasteiger partial charge in [-0.3, -0.25) is 4.84 Å². The number of rotatable bonds is 11. The highest BCUT2D eigenvalue weighted by molar-refractivity contribution is 5.60. The molecule has 3 unspecified atom stereocenters. The summed E-state index contributed by atoms with van der Waals surface area (Å²) < 4.78 is 11.5. The second kappa shape index (κ2) is 11.5. The maximum absolute atomic E-state index is 6.04. The number of aromatic nitrogens is 2. The van der Waals surface area contributed by atoms with Crippen LogP contribution in [0.3, 0.4) is 0 Å². The van der Waals surface area contributed by atoms with Gasteiger partial charge < -0.3 is 25.0 Å². The fourth-order valence-corrected chi connectivity index (χ4v) is 4.35. The molecule has 180 valence electrons. The minimum absolute atomic E-state index is 0.153. The van der Waals surface area contributed by atoms with Gasteiger partial charge in [-0.05, 0) is 64.4 Å². The molecule has 2 aliphatic rings. The number of methoxy groups -OCH3 is 1. The highest BCUT2D eigenvalue weighted by Gasteiger charge is 2.31. The fraction of sp³-hybridized carbons (Fsp3) is 0.583. The lowest BCUT2D eigenvalue weighted by Crippen LogP contribution is -2.30. The molecule has 3 heterocycles. The first-order chi connectivity index (χ1) is 16.1. The van der Waals surface area contributed by atoms with Crippen molar-refractivity contribution in [2.75, 3.05) is 50.5 Å². The molecule has 2 aliphatic heterocycles. The third kappa shape index (κ3) is 6.46. The van der Waals surface area contributed by atoms with E-state index in [4.69, 9.17) is 14.3 Å². The molecule has 2 saturated heterocycles. The number of likely N-dealkylation sites (tertiary alicyclic amines) is 1. The van der Waals surface area contributed by atoms with Crippen LogP contribution in [0.15, 0.2) is 30.5 Å². The van der Waals surface area contributed by atoms with Gasteiger partial charge in [-0.2, -0.15) is 10.5 Å². The monoisotopic (exact) mass is 456 g/mol. The Balaban J connectivity index is 1.33. The Morgan fingerprint density at radius 2 is 2.03 bits per heavy atom. The second-order valence-corrected chi connectivity index (χ2v) is 8.78. The molecule has 9 nitrogen and oxygen atoms in total. The topological polar surface area (TPSA) is 92.8 Å². The van der Waals surface area contributed by atoms with Crippen LogP contribution in [0, 0.1) is 5.92 Å². The van der Waals surface area contributed by atoms with Crippen molar-refractivity contribution in [3.8, 4) is 11.5 Å². The fourth-order valence-electron chi connectivity index (χ4n) is 4.35. The Morgan fingerprint density at radius 3 is 2.79 bits per heavy atom. The predicted octanol–water partition coefficient (Wildman–Crippen LogP) is 3.43. The van der Waals surface area contributed by atoms with Crippen molar-refractivity contribution in [3.05, 3.63) is 30.5 Å². The van der Waals surface area contributed by atoms with Crippen LogP contribution < -0.4 is 25.6 Å². The SMILES string of the molecule is COc1ccc(Nc2nccc(NCC3C(C)NOC3C)n2)cc1OCCCN1CCCC1. The summed E-state index contributed by atoms with van der Waals surface area (Å²) in [5.41, 5.74) is 3.88. The molecule has 0 amide bonds. The maximum atomic E-state index is 6.04. The standard InChI is InChI=1S/C24H36N6O3/c1-17-20(18(2)33-29-17)16-26-23-9-10-25-24(28-23)27-19-7-8-21(31-3)22(15-19)32-14-6-13-30-11-4-5-12-30/h7-10,15,17-18,20,29H,4-6,11-14,16H2,1-3H3,(H2,25,26,27,28). The molecule has 3 atom stereocenters. The molecule has 1 aromatic heterocycles. The van der Waals surface area contributed by atoms with Crippen LogP contribution in [-0.4, -0.2) is 66.9 Å². The summed E-state index contributed by atoms with van der Waals surface area (Å²) in [6.45, 7) is 9.12. The van der Waals surface area contributed by atoms with Gasteiger partial charge in [0.25, 0.3) is 0 Å². The van der Waals surface area contributed by atoms with E-state index in [9.17, 15) is 0 Å². The zero-order valence-electron chi connectivity index (χ0n) is 19.8. The van der Waals surface area contributed by atoms with Gasteiger partial charge in [-0.25, -0.2) is 4.98 Å². The normalized spacial score (nSPS) is 22.9. The highest BCUT2D eigenvalue weighted by atomic mass is 16.7. The van der Waals surface area contributed by atoms with Crippen LogP contribution in [0.4, 0.5) is 17.5 Å². The molecule has 0 aliphatic carbocycles. The quantitative estimate of drug-likeness (QED) is 0.440. The molecule has 3 N–H and O–H groups in total. The molecule has 0 saturated carbocycles. The zero-order chi connectivity index (χ0) is 23.0. The van der Waals surface area contributed by atoms with Crippen molar-refractivity contribution in [3.63, 3.8) is 0 Å². The molecule has 2 fully saturated rings. The largest absolute Gasteiger partial charge is 0.493 e. The Labute approximate surface area is 196 Å². The summed E-state index contributed by atoms with van der Waals surface area (Å²) in [4.78, 5) is 17.0. The average molecular weight is 457 g/mol. The van der Waals surface area contributed by atoms with E-state index in [1.165, 1.54) is 25.9 Å². The van der Waals surface area contributed by atoms with Crippen LogP contribution in [0.5, 0.6) is 11.5 Å². The molecule has 0 bridgehead atoms. The van der Waals surface area contributed by atoms with Gasteiger partial charge in [0, 0.05) is 43.0 Å². The highest BCUT2D eigenvalue weighted by Crippen LogP contribution is 2.31. The number of anilines is 3. The average Bonchev–Trinajstić information content (AvgIpc) is 3.45. The Kier molecular flexibility index (Phi) is 8.20. The molecule has 1 aromatic carbocycles. The lowest BCUT2D eigenvalue weighted by atomic mass is 9.98. The van der Waals surface area contributed by atoms with Gasteiger partial charge in [0.15, 0.2) is 11.5 Å². The Morgan fingerprint density at radius 1 is 1.18 bits per heavy atom. The smallest absolute Gasteiger partial charge is 0.229 e. The third-order valence-corrected chi connectivity index (χ3v) is 6.35. The maximum Gasteiger partial charge on any atom is 0.229 e. The number of hydrogen-bond acceptors (Lipinski definition) is 9. The predicted molar refractivity (Wildman–Crippen MR) is 129 cm³/mol. The first-order valence-electron chi connectivity index (χ1n) is 11.9. The lowest BCUT2D eigenvalue weighted by molar-refractivity contribution is 0.0314. The Hall–Kier alpha value is -2.62. The summed E-state index contributed by atoms with van der Waals surface area (Å²) in [6, 6.07) is 7.93. The molecular weight excluding hydrogens is 420 g/mol. The number of benzene rings is 1. The molecule has 0 spiro atoms. The van der Waals surface area contributed by atoms with Crippen molar-refractivity contribution in [2.24, 2.45) is 5.92 Å². The van der Waals surface area contributed by atoms with E-state index in [0.29, 0.717) is 30.3 Å². The van der Waals surface area contributed by atoms with Gasteiger partial charge in [0.05, 0.1) is 19.8 Å². The van der Waals surface area contributed by atoms with Crippen molar-refractivity contribution in [1.82, 2.24) is 20.3 Å². The van der Waals surface area contributed by atoms with E-state index in [1.54, 1.807) is 13.3 Å². The number of hydrogen-bond donors (Lipinski definition) is 3. The van der Waals surface area contributed by atoms with E-state index in [-0.39, 0.29) is 6.10 Å². The van der Waals surface area contributed by atoms with Gasteiger partial charge in [0.1, 0.15) is 5.82 Å². The van der Waals surface area contributed by atoms with Crippen molar-refractivity contribution >= 4 is 17.5 Å². The number of nitrogens with zero attached hydrogens (tertiary/aromatic N) is 3. The number of nitrogens with one attached hydrogen (secondary N) is 3. The minimum Gasteiger partial charge on any atom is -0.493 e. The van der Waals surface area contributed by atoms with Gasteiger partial charge in [-0.1, -0.05) is 0 Å². The Bertz CT molecular complexity index is 882. The van der Waals surface area contributed by atoms with Gasteiger partial charge in [0.2, 0.25) is 5.95 Å². The number of ether oxygens (including phenoxy) is 2. The number of hydroxylamine groups is 1. The van der Waals surface area contributed by atoms with E-state index >= 15 is 0 Å². The van der Waals surface area contributed by atoms with Crippen LogP contribution in [0.25, 0.3) is 0 Å². The molecule has 0 radical (unpaired) electrons. The van der Waals surface area contributed by atoms with E-state index in [0.717, 1.165) is 36.8 Å². The summed E-state index contributed by atoms with van der Waals surface area (Å²) in [7, 11) is 1.66. The van der Waals surface area contributed by atoms with Gasteiger partial charge >= 0.3 is 0 Å². The summed E-state index contributed by atoms with van der Waals surface area (Å²) in [6.07, 6.45) is 5.51. The van der Waals surface area contributed by atoms with Crippen LogP contribution in [0.1, 0.15) is 33.1 Å². The van der Waals surface area contributed by atoms with Gasteiger partial charge in [-0.15, -0.1) is 0 Å². The van der Waals surface area contributed by atoms with Crippen molar-refractivity contribution < 1.29 is 14.3 Å². The van der Waals surface area contributed by atoms with Crippen molar-refractivity contribution in [1.29, 1.82) is 0 Å². The zero-order valence-corrected chi connectivity index (χ0v) is 19.8. The minimum atomic E-state index is 0.153. The first-order valence-corrected chi connectivity index (χ1v) is 11.9. The van der Waals surface area contributed by atoms with E-state index < -0.39 is 0 Å².